The average molecular weight is 313 g/mol. The highest BCUT2D eigenvalue weighted by Gasteiger charge is 2.24. The lowest BCUT2D eigenvalue weighted by atomic mass is 9.93. The molecule has 120 valence electrons. The summed E-state index contributed by atoms with van der Waals surface area (Å²) in [5.74, 6) is -1.58. The fourth-order valence-electron chi connectivity index (χ4n) is 2.13. The Morgan fingerprint density at radius 1 is 1.09 bits per heavy atom. The van der Waals surface area contributed by atoms with E-state index in [1.165, 1.54) is 5.56 Å². The summed E-state index contributed by atoms with van der Waals surface area (Å²) in [5, 5.41) is 11.7. The van der Waals surface area contributed by atoms with Crippen molar-refractivity contribution in [3.8, 4) is 0 Å². The molecule has 2 aromatic rings. The normalized spacial score (nSPS) is 11.1. The number of rotatable bonds is 5. The second-order valence-corrected chi connectivity index (χ2v) is 5.72. The highest BCUT2D eigenvalue weighted by molar-refractivity contribution is 5.93. The third kappa shape index (κ3) is 3.91. The smallest absolute Gasteiger partial charge is 0.356 e. The molecule has 0 spiro atoms. The lowest BCUT2D eigenvalue weighted by Crippen LogP contribution is -2.41. The Morgan fingerprint density at radius 3 is 2.13 bits per heavy atom. The number of benzene rings is 1. The number of carboxylic acids is 1. The minimum absolute atomic E-state index is 0.0771. The molecule has 6 heteroatoms. The molecule has 0 aliphatic heterocycles. The molecule has 0 atom stereocenters. The minimum atomic E-state index is -1.18. The fourth-order valence-corrected chi connectivity index (χ4v) is 2.13. The van der Waals surface area contributed by atoms with E-state index in [4.69, 9.17) is 5.11 Å². The minimum Gasteiger partial charge on any atom is -0.476 e. The van der Waals surface area contributed by atoms with Crippen LogP contribution >= 0.6 is 0 Å². The van der Waals surface area contributed by atoms with Crippen molar-refractivity contribution >= 4 is 11.9 Å². The van der Waals surface area contributed by atoms with E-state index in [1.807, 2.05) is 38.1 Å². The molecule has 0 unspecified atom stereocenters. The van der Waals surface area contributed by atoms with E-state index in [0.29, 0.717) is 0 Å². The zero-order chi connectivity index (χ0) is 17.0. The maximum Gasteiger partial charge on any atom is 0.356 e. The van der Waals surface area contributed by atoms with Gasteiger partial charge in [-0.25, -0.2) is 14.8 Å². The van der Waals surface area contributed by atoms with E-state index in [-0.39, 0.29) is 11.4 Å². The van der Waals surface area contributed by atoms with Gasteiger partial charge in [-0.2, -0.15) is 0 Å². The van der Waals surface area contributed by atoms with E-state index in [9.17, 15) is 9.59 Å². The molecule has 1 heterocycles. The van der Waals surface area contributed by atoms with Crippen molar-refractivity contribution in [1.82, 2.24) is 15.3 Å². The van der Waals surface area contributed by atoms with Crippen LogP contribution in [0.5, 0.6) is 0 Å². The second-order valence-electron chi connectivity index (χ2n) is 5.72. The number of aromatic nitrogens is 2. The van der Waals surface area contributed by atoms with E-state index >= 15 is 0 Å². The first-order valence-corrected chi connectivity index (χ1v) is 7.30. The van der Waals surface area contributed by atoms with Gasteiger partial charge in [0.1, 0.15) is 5.69 Å². The molecular weight excluding hydrogens is 294 g/mol. The first-order valence-electron chi connectivity index (χ1n) is 7.30. The van der Waals surface area contributed by atoms with Gasteiger partial charge in [0.15, 0.2) is 5.69 Å². The number of amides is 1. The highest BCUT2D eigenvalue weighted by Crippen LogP contribution is 2.21. The lowest BCUT2D eigenvalue weighted by molar-refractivity contribution is 0.0688. The maximum absolute atomic E-state index is 12.3. The van der Waals surface area contributed by atoms with Crippen LogP contribution in [-0.4, -0.2) is 27.0 Å². The van der Waals surface area contributed by atoms with Gasteiger partial charge in [0, 0.05) is 0 Å². The number of nitrogens with zero attached hydrogens (tertiary/aromatic N) is 2. The second kappa shape index (κ2) is 6.56. The molecule has 0 bridgehead atoms. The molecule has 1 aromatic heterocycles. The van der Waals surface area contributed by atoms with Gasteiger partial charge in [-0.15, -0.1) is 0 Å². The third-order valence-corrected chi connectivity index (χ3v) is 3.61. The van der Waals surface area contributed by atoms with Crippen molar-refractivity contribution < 1.29 is 14.7 Å². The number of nitrogens with one attached hydrogen (secondary N) is 1. The number of hydrogen-bond donors (Lipinski definition) is 2. The van der Waals surface area contributed by atoms with Crippen LogP contribution < -0.4 is 5.32 Å². The molecule has 2 rings (SSSR count). The average Bonchev–Trinajstić information content (AvgIpc) is 2.54. The summed E-state index contributed by atoms with van der Waals surface area (Å²) in [4.78, 5) is 30.6. The standard InChI is InChI=1S/C17H19N3O3/c1-4-11-5-7-12(8-6-11)17(2,3)20-15(21)13-9-19-14(10-18-13)16(22)23/h5-10H,4H2,1-3H3,(H,20,21)(H,22,23). The van der Waals surface area contributed by atoms with Crippen molar-refractivity contribution in [2.75, 3.05) is 0 Å². The molecule has 2 N–H and O–H groups in total. The molecular formula is C17H19N3O3. The van der Waals surface area contributed by atoms with Gasteiger partial charge in [-0.05, 0) is 31.4 Å². The molecule has 0 radical (unpaired) electrons. The largest absolute Gasteiger partial charge is 0.476 e. The summed E-state index contributed by atoms with van der Waals surface area (Å²) >= 11 is 0. The molecule has 0 fully saturated rings. The zero-order valence-corrected chi connectivity index (χ0v) is 13.3. The van der Waals surface area contributed by atoms with Crippen LogP contribution in [0.1, 0.15) is 52.9 Å². The third-order valence-electron chi connectivity index (χ3n) is 3.61. The van der Waals surface area contributed by atoms with Gasteiger partial charge in [0.2, 0.25) is 0 Å². The first kappa shape index (κ1) is 16.6. The first-order chi connectivity index (χ1) is 10.8. The van der Waals surface area contributed by atoms with Gasteiger partial charge in [-0.1, -0.05) is 31.2 Å². The van der Waals surface area contributed by atoms with Crippen molar-refractivity contribution in [2.24, 2.45) is 0 Å². The quantitative estimate of drug-likeness (QED) is 0.884. The maximum atomic E-state index is 12.3. The number of aromatic carboxylic acids is 1. The van der Waals surface area contributed by atoms with Crippen molar-refractivity contribution in [2.45, 2.75) is 32.7 Å². The van der Waals surface area contributed by atoms with Crippen LogP contribution in [0, 0.1) is 0 Å². The number of carboxylic acid groups (broad SMARTS) is 1. The van der Waals surface area contributed by atoms with E-state index in [2.05, 4.69) is 22.2 Å². The Labute approximate surface area is 134 Å². The van der Waals surface area contributed by atoms with Gasteiger partial charge in [0.05, 0.1) is 17.9 Å². The molecule has 0 saturated heterocycles. The summed E-state index contributed by atoms with van der Waals surface area (Å²) in [6.07, 6.45) is 3.19. The topological polar surface area (TPSA) is 92.2 Å². The highest BCUT2D eigenvalue weighted by atomic mass is 16.4. The predicted octanol–water partition coefficient (Wildman–Crippen LogP) is 2.40. The number of carbonyl (C=O) groups excluding carboxylic acids is 1. The van der Waals surface area contributed by atoms with E-state index < -0.39 is 17.4 Å². The Bertz CT molecular complexity index is 707. The Hall–Kier alpha value is -2.76. The molecule has 0 saturated carbocycles. The lowest BCUT2D eigenvalue weighted by Gasteiger charge is -2.27. The Balaban J connectivity index is 2.14. The van der Waals surface area contributed by atoms with Gasteiger partial charge < -0.3 is 10.4 Å². The number of carbonyl (C=O) groups is 2. The van der Waals surface area contributed by atoms with Crippen molar-refractivity contribution in [3.63, 3.8) is 0 Å². The van der Waals surface area contributed by atoms with Crippen molar-refractivity contribution in [1.29, 1.82) is 0 Å². The summed E-state index contributed by atoms with van der Waals surface area (Å²) < 4.78 is 0. The van der Waals surface area contributed by atoms with Crippen LogP contribution in [0.3, 0.4) is 0 Å². The van der Waals surface area contributed by atoms with Crippen LogP contribution in [-0.2, 0) is 12.0 Å². The van der Waals surface area contributed by atoms with Gasteiger partial charge in [0.25, 0.3) is 5.91 Å². The monoisotopic (exact) mass is 313 g/mol. The summed E-state index contributed by atoms with van der Waals surface area (Å²) in [7, 11) is 0. The zero-order valence-electron chi connectivity index (χ0n) is 13.3. The van der Waals surface area contributed by atoms with Crippen LogP contribution in [0.2, 0.25) is 0 Å². The summed E-state index contributed by atoms with van der Waals surface area (Å²) in [6, 6.07) is 8.03. The van der Waals surface area contributed by atoms with E-state index in [0.717, 1.165) is 24.4 Å². The van der Waals surface area contributed by atoms with Crippen LogP contribution in [0.25, 0.3) is 0 Å². The molecule has 1 aromatic carbocycles. The Morgan fingerprint density at radius 2 is 1.65 bits per heavy atom. The summed E-state index contributed by atoms with van der Waals surface area (Å²) in [5.41, 5.74) is 1.49. The molecule has 0 aliphatic carbocycles. The molecule has 6 nitrogen and oxygen atoms in total. The van der Waals surface area contributed by atoms with Gasteiger partial charge in [-0.3, -0.25) is 4.79 Å². The number of aryl methyl sites for hydroxylation is 1. The SMILES string of the molecule is CCc1ccc(C(C)(C)NC(=O)c2cnc(C(=O)O)cn2)cc1. The van der Waals surface area contributed by atoms with Gasteiger partial charge >= 0.3 is 5.97 Å². The number of hydrogen-bond acceptors (Lipinski definition) is 4. The van der Waals surface area contributed by atoms with Crippen LogP contribution in [0.15, 0.2) is 36.7 Å². The van der Waals surface area contributed by atoms with Crippen LogP contribution in [0.4, 0.5) is 0 Å². The Kier molecular flexibility index (Phi) is 4.74. The molecule has 1 amide bonds. The van der Waals surface area contributed by atoms with E-state index in [1.54, 1.807) is 0 Å². The predicted molar refractivity (Wildman–Crippen MR) is 85.3 cm³/mol. The summed E-state index contributed by atoms with van der Waals surface area (Å²) in [6.45, 7) is 5.87. The molecule has 0 aliphatic rings. The molecule has 23 heavy (non-hydrogen) atoms. The fraction of sp³-hybridized carbons (Fsp3) is 0.294. The van der Waals surface area contributed by atoms with Crippen molar-refractivity contribution in [3.05, 3.63) is 59.2 Å².